The fourth-order valence-electron chi connectivity index (χ4n) is 10.4. The number of unbranched alkanes of at least 4 members (excludes halogenated alkanes) is 24. The molecule has 0 unspecified atom stereocenters. The van der Waals surface area contributed by atoms with Gasteiger partial charge in [-0.3, -0.25) is 0 Å². The van der Waals surface area contributed by atoms with E-state index in [4.69, 9.17) is 18.9 Å². The maximum atomic E-state index is 14.7. The summed E-state index contributed by atoms with van der Waals surface area (Å²) in [5.41, 5.74) is 8.31. The van der Waals surface area contributed by atoms with Crippen LogP contribution in [0.25, 0.3) is 22.3 Å². The fraction of sp³-hybridized carbons (Fsp3) is 0.585. The zero-order valence-corrected chi connectivity index (χ0v) is 45.9. The van der Waals surface area contributed by atoms with Crippen LogP contribution in [0.1, 0.15) is 250 Å². The summed E-state index contributed by atoms with van der Waals surface area (Å²) in [6, 6.07) is 23.0. The number of hydrogen-bond donors (Lipinski definition) is 0. The number of hydrogen-bond acceptors (Lipinski definition) is 7. The summed E-state index contributed by atoms with van der Waals surface area (Å²) in [4.78, 5) is 41.7. The molecule has 0 spiro atoms. The van der Waals surface area contributed by atoms with Crippen LogP contribution in [0.2, 0.25) is 0 Å². The van der Waals surface area contributed by atoms with Crippen molar-refractivity contribution < 1.29 is 33.3 Å². The first-order valence-corrected chi connectivity index (χ1v) is 28.9. The van der Waals surface area contributed by atoms with Crippen LogP contribution >= 0.6 is 0 Å². The molecule has 72 heavy (non-hydrogen) atoms. The van der Waals surface area contributed by atoms with Crippen LogP contribution in [0.4, 0.5) is 4.79 Å². The van der Waals surface area contributed by atoms with Gasteiger partial charge in [0.15, 0.2) is 0 Å². The van der Waals surface area contributed by atoms with Crippen LogP contribution in [0, 0.1) is 0 Å². The summed E-state index contributed by atoms with van der Waals surface area (Å²) in [6.07, 6.45) is 35.8. The van der Waals surface area contributed by atoms with E-state index in [9.17, 15) is 14.4 Å². The van der Waals surface area contributed by atoms with Gasteiger partial charge in [-0.1, -0.05) is 230 Å². The highest BCUT2D eigenvalue weighted by Gasteiger charge is 2.27. The molecule has 0 N–H and O–H groups in total. The average Bonchev–Trinajstić information content (AvgIpc) is 3.40. The Bertz CT molecular complexity index is 2020. The van der Waals surface area contributed by atoms with E-state index in [1.165, 1.54) is 154 Å². The largest absolute Gasteiger partial charge is 0.519 e. The van der Waals surface area contributed by atoms with Gasteiger partial charge in [-0.05, 0) is 97.9 Å². The maximum Gasteiger partial charge on any atom is 0.519 e. The maximum absolute atomic E-state index is 14.7. The van der Waals surface area contributed by atoms with Crippen LogP contribution in [-0.4, -0.2) is 32.3 Å². The molecule has 4 aromatic carbocycles. The SMILES string of the molecule is CCCCCCCCCc1ccc(OC(=O)Oc2ccc(CCCCCCCCC)c(CCCCCCCCC)c2-c2ccccc2C(=O)OC)c(-c2ccccc2C(=O)OC)c1CCCCCCCCC. The van der Waals surface area contributed by atoms with E-state index < -0.39 is 18.1 Å². The van der Waals surface area contributed by atoms with Crippen LogP contribution in [0.15, 0.2) is 72.8 Å². The van der Waals surface area contributed by atoms with Gasteiger partial charge in [0.25, 0.3) is 0 Å². The summed E-state index contributed by atoms with van der Waals surface area (Å²) in [5.74, 6) is -0.212. The van der Waals surface area contributed by atoms with Gasteiger partial charge in [0.05, 0.1) is 25.3 Å². The lowest BCUT2D eigenvalue weighted by atomic mass is 9.87. The molecule has 0 fully saturated rings. The molecule has 0 aliphatic carbocycles. The topological polar surface area (TPSA) is 88.1 Å². The van der Waals surface area contributed by atoms with Gasteiger partial charge < -0.3 is 18.9 Å². The van der Waals surface area contributed by atoms with Crippen molar-refractivity contribution in [2.75, 3.05) is 14.2 Å². The van der Waals surface area contributed by atoms with E-state index in [0.29, 0.717) is 33.8 Å². The van der Waals surface area contributed by atoms with Crippen LogP contribution in [0.3, 0.4) is 0 Å². The minimum absolute atomic E-state index is 0.341. The number of aryl methyl sites for hydroxylation is 2. The molecule has 7 heteroatoms. The highest BCUT2D eigenvalue weighted by Crippen LogP contribution is 2.42. The van der Waals surface area contributed by atoms with Crippen molar-refractivity contribution in [3.05, 3.63) is 106 Å². The molecule has 4 aromatic rings. The number of carbonyl (C=O) groups is 3. The third kappa shape index (κ3) is 20.2. The Morgan fingerprint density at radius 1 is 0.347 bits per heavy atom. The van der Waals surface area contributed by atoms with E-state index in [0.717, 1.165) is 99.3 Å². The molecule has 0 heterocycles. The van der Waals surface area contributed by atoms with Crippen LogP contribution in [0.5, 0.6) is 11.5 Å². The number of ether oxygens (including phenoxy) is 4. The Morgan fingerprint density at radius 2 is 0.639 bits per heavy atom. The fourth-order valence-corrected chi connectivity index (χ4v) is 10.4. The first-order valence-electron chi connectivity index (χ1n) is 28.9. The van der Waals surface area contributed by atoms with E-state index in [-0.39, 0.29) is 0 Å². The molecule has 0 aromatic heterocycles. The monoisotopic (exact) mass is 987 g/mol. The van der Waals surface area contributed by atoms with Gasteiger partial charge in [-0.2, -0.15) is 0 Å². The second-order valence-electron chi connectivity index (χ2n) is 20.2. The van der Waals surface area contributed by atoms with Gasteiger partial charge in [-0.25, -0.2) is 14.4 Å². The van der Waals surface area contributed by atoms with Crippen LogP contribution < -0.4 is 9.47 Å². The molecule has 0 atom stereocenters. The number of rotatable bonds is 38. The van der Waals surface area contributed by atoms with Crippen molar-refractivity contribution in [3.8, 4) is 33.8 Å². The Kier molecular flexibility index (Phi) is 29.9. The zero-order valence-electron chi connectivity index (χ0n) is 45.9. The molecule has 0 bridgehead atoms. The van der Waals surface area contributed by atoms with Crippen molar-refractivity contribution in [2.24, 2.45) is 0 Å². The molecule has 7 nitrogen and oxygen atoms in total. The summed E-state index contributed by atoms with van der Waals surface area (Å²) in [7, 11) is 2.81. The zero-order chi connectivity index (χ0) is 51.6. The van der Waals surface area contributed by atoms with Crippen molar-refractivity contribution in [1.29, 1.82) is 0 Å². The number of methoxy groups -OCH3 is 2. The minimum Gasteiger partial charge on any atom is -0.465 e. The summed E-state index contributed by atoms with van der Waals surface area (Å²) in [6.45, 7) is 9.00. The number of carbonyl (C=O) groups excluding carboxylic acids is 3. The Hall–Kier alpha value is -4.91. The minimum atomic E-state index is -0.882. The van der Waals surface area contributed by atoms with Gasteiger partial charge in [0.2, 0.25) is 0 Å². The van der Waals surface area contributed by atoms with E-state index >= 15 is 0 Å². The molecule has 0 amide bonds. The molecule has 0 aliphatic rings. The highest BCUT2D eigenvalue weighted by atomic mass is 16.7. The molecule has 396 valence electrons. The van der Waals surface area contributed by atoms with Crippen molar-refractivity contribution >= 4 is 18.1 Å². The normalized spacial score (nSPS) is 11.2. The van der Waals surface area contributed by atoms with Gasteiger partial charge in [0.1, 0.15) is 11.5 Å². The van der Waals surface area contributed by atoms with Crippen molar-refractivity contribution in [1.82, 2.24) is 0 Å². The lowest BCUT2D eigenvalue weighted by Crippen LogP contribution is -2.17. The summed E-state index contributed by atoms with van der Waals surface area (Å²) < 4.78 is 23.6. The van der Waals surface area contributed by atoms with Gasteiger partial charge >= 0.3 is 18.1 Å². The average molecular weight is 987 g/mol. The highest BCUT2D eigenvalue weighted by molar-refractivity contribution is 6.00. The first kappa shape index (κ1) is 59.7. The van der Waals surface area contributed by atoms with E-state index in [1.807, 2.05) is 48.5 Å². The lowest BCUT2D eigenvalue weighted by Gasteiger charge is -2.22. The second-order valence-corrected chi connectivity index (χ2v) is 20.2. The third-order valence-electron chi connectivity index (χ3n) is 14.5. The van der Waals surface area contributed by atoms with Crippen molar-refractivity contribution in [3.63, 3.8) is 0 Å². The van der Waals surface area contributed by atoms with E-state index in [1.54, 1.807) is 12.1 Å². The predicted octanol–water partition coefficient (Wildman–Crippen LogP) is 19.3. The van der Waals surface area contributed by atoms with E-state index in [2.05, 4.69) is 39.8 Å². The molecule has 0 radical (unpaired) electrons. The Labute approximate surface area is 437 Å². The third-order valence-corrected chi connectivity index (χ3v) is 14.5. The molecule has 0 aliphatic heterocycles. The molecular formula is C65H94O7. The molecule has 0 saturated heterocycles. The number of benzene rings is 4. The molecule has 4 rings (SSSR count). The number of esters is 2. The summed E-state index contributed by atoms with van der Waals surface area (Å²) >= 11 is 0. The quantitative estimate of drug-likeness (QED) is 0.0251. The Balaban J connectivity index is 1.82. The first-order chi connectivity index (χ1) is 35.3. The standard InChI is InChI=1S/C65H94O7/c1-7-11-15-19-23-27-31-39-51-47-49-59(61(53(51)41-33-29-25-21-17-13-9-3)55-43-35-37-45-57(55)63(66)69-5)71-65(68)72-60-50-48-52(40-32-28-24-20-16-12-8-2)54(42-34-30-26-22-18-14-10-4)62(60)56-44-36-38-46-58(56)64(67)70-6/h35-38,43-50H,7-34,39-42H2,1-6H3. The van der Waals surface area contributed by atoms with Gasteiger partial charge in [-0.15, -0.1) is 0 Å². The second kappa shape index (κ2) is 36.1. The lowest BCUT2D eigenvalue weighted by molar-refractivity contribution is 0.0592. The smallest absolute Gasteiger partial charge is 0.465 e. The molecular weight excluding hydrogens is 893 g/mol. The predicted molar refractivity (Wildman–Crippen MR) is 300 cm³/mol. The summed E-state index contributed by atoms with van der Waals surface area (Å²) in [5, 5.41) is 0. The van der Waals surface area contributed by atoms with Crippen molar-refractivity contribution in [2.45, 2.75) is 233 Å². The molecule has 0 saturated carbocycles. The van der Waals surface area contributed by atoms with Gasteiger partial charge in [0, 0.05) is 22.3 Å². The Morgan fingerprint density at radius 3 is 0.958 bits per heavy atom. The van der Waals surface area contributed by atoms with Crippen LogP contribution in [-0.2, 0) is 35.2 Å².